The zero-order valence-corrected chi connectivity index (χ0v) is 14.5. The van der Waals surface area contributed by atoms with Crippen LogP contribution in [0.25, 0.3) is 11.0 Å². The maximum Gasteiger partial charge on any atom is 0.151 e. The molecule has 3 aromatic rings. The van der Waals surface area contributed by atoms with Gasteiger partial charge in [-0.3, -0.25) is 4.90 Å². The van der Waals surface area contributed by atoms with Crippen LogP contribution in [0.3, 0.4) is 0 Å². The van der Waals surface area contributed by atoms with E-state index in [4.69, 9.17) is 5.73 Å². The van der Waals surface area contributed by atoms with Gasteiger partial charge in [-0.25, -0.2) is 15.0 Å². The molecular weight excluding hydrogens is 336 g/mol. The average molecular weight is 356 g/mol. The third-order valence-electron chi connectivity index (χ3n) is 4.53. The van der Waals surface area contributed by atoms with Crippen molar-refractivity contribution in [1.29, 1.82) is 0 Å². The van der Waals surface area contributed by atoms with Crippen LogP contribution in [0.15, 0.2) is 41.9 Å². The highest BCUT2D eigenvalue weighted by molar-refractivity contribution is 7.99. The predicted octanol–water partition coefficient (Wildman–Crippen LogP) is 1.52. The molecule has 3 aromatic heterocycles. The highest BCUT2D eigenvalue weighted by atomic mass is 32.2. The Morgan fingerprint density at radius 1 is 1.28 bits per heavy atom. The Bertz CT molecular complexity index is 855. The van der Waals surface area contributed by atoms with E-state index in [9.17, 15) is 5.11 Å². The lowest BCUT2D eigenvalue weighted by molar-refractivity contribution is 0.149. The number of aliphatic hydroxyl groups is 1. The zero-order chi connectivity index (χ0) is 17.2. The van der Waals surface area contributed by atoms with Gasteiger partial charge in [-0.2, -0.15) is 0 Å². The van der Waals surface area contributed by atoms with E-state index in [-0.39, 0.29) is 12.0 Å². The third-order valence-corrected chi connectivity index (χ3v) is 5.66. The average Bonchev–Trinajstić information content (AvgIpc) is 3.19. The van der Waals surface area contributed by atoms with Gasteiger partial charge in [0, 0.05) is 49.3 Å². The summed E-state index contributed by atoms with van der Waals surface area (Å²) in [6.07, 6.45) is 4.89. The molecule has 1 saturated heterocycles. The topological polar surface area (TPSA) is 104 Å². The number of anilines is 1. The molecule has 4 heterocycles. The summed E-state index contributed by atoms with van der Waals surface area (Å²) in [5.41, 5.74) is 8.58. The minimum absolute atomic E-state index is 0.233. The molecule has 0 aliphatic carbocycles. The van der Waals surface area contributed by atoms with Crippen LogP contribution in [0.1, 0.15) is 5.56 Å². The number of pyridine rings is 1. The number of nitrogens with one attached hydrogen (secondary N) is 1. The van der Waals surface area contributed by atoms with Crippen LogP contribution in [-0.2, 0) is 6.54 Å². The van der Waals surface area contributed by atoms with Crippen molar-refractivity contribution < 1.29 is 5.11 Å². The first-order valence-electron chi connectivity index (χ1n) is 8.21. The Labute approximate surface area is 149 Å². The fourth-order valence-electron chi connectivity index (χ4n) is 3.23. The van der Waals surface area contributed by atoms with Crippen LogP contribution in [0.5, 0.6) is 0 Å². The normalized spacial score (nSPS) is 21.2. The predicted molar refractivity (Wildman–Crippen MR) is 98.0 cm³/mol. The second-order valence-corrected chi connectivity index (χ2v) is 7.34. The number of H-pyrrole nitrogens is 1. The SMILES string of the molecule is Nc1ncnc2c(CN3CC(O)C(CSc4ccccn4)C3)c[nH]c12. The first-order valence-corrected chi connectivity index (χ1v) is 9.20. The van der Waals surface area contributed by atoms with Gasteiger partial charge in [0.2, 0.25) is 0 Å². The van der Waals surface area contributed by atoms with Crippen LogP contribution in [-0.4, -0.2) is 54.9 Å². The van der Waals surface area contributed by atoms with Crippen molar-refractivity contribution in [2.75, 3.05) is 24.6 Å². The van der Waals surface area contributed by atoms with E-state index in [0.717, 1.165) is 40.5 Å². The molecule has 2 atom stereocenters. The van der Waals surface area contributed by atoms with Gasteiger partial charge in [0.1, 0.15) is 11.8 Å². The van der Waals surface area contributed by atoms with Crippen LogP contribution in [0.2, 0.25) is 0 Å². The van der Waals surface area contributed by atoms with Crippen LogP contribution in [0.4, 0.5) is 5.82 Å². The highest BCUT2D eigenvalue weighted by Crippen LogP contribution is 2.27. The smallest absolute Gasteiger partial charge is 0.151 e. The molecule has 4 N–H and O–H groups in total. The zero-order valence-electron chi connectivity index (χ0n) is 13.7. The number of aromatic nitrogens is 4. The quantitative estimate of drug-likeness (QED) is 0.595. The Morgan fingerprint density at radius 2 is 2.20 bits per heavy atom. The lowest BCUT2D eigenvalue weighted by Crippen LogP contribution is -2.21. The Morgan fingerprint density at radius 3 is 3.04 bits per heavy atom. The van der Waals surface area contributed by atoms with Crippen molar-refractivity contribution in [3.63, 3.8) is 0 Å². The number of nitrogens with zero attached hydrogens (tertiary/aromatic N) is 4. The van der Waals surface area contributed by atoms with Crippen LogP contribution >= 0.6 is 11.8 Å². The second-order valence-electron chi connectivity index (χ2n) is 6.30. The van der Waals surface area contributed by atoms with Gasteiger partial charge in [0.25, 0.3) is 0 Å². The standard InChI is InChI=1S/C17H20N6OS/c18-17-16-15(21-10-22-17)11(5-20-16)6-23-7-12(13(24)8-23)9-25-14-3-1-2-4-19-14/h1-5,10,12-13,20,24H,6-9H2,(H2,18,21,22). The van der Waals surface area contributed by atoms with Crippen molar-refractivity contribution in [3.8, 4) is 0 Å². The van der Waals surface area contributed by atoms with Gasteiger partial charge in [-0.15, -0.1) is 11.8 Å². The molecule has 1 aliphatic rings. The first kappa shape index (κ1) is 16.3. The molecule has 25 heavy (non-hydrogen) atoms. The number of β-amino-alcohol motifs (C(OH)–C–C–N with tert-alkyl or cyclic N) is 1. The van der Waals surface area contributed by atoms with Gasteiger partial charge in [0.15, 0.2) is 5.82 Å². The highest BCUT2D eigenvalue weighted by Gasteiger charge is 2.31. The maximum absolute atomic E-state index is 10.4. The molecule has 0 radical (unpaired) electrons. The van der Waals surface area contributed by atoms with Crippen molar-refractivity contribution in [1.82, 2.24) is 24.8 Å². The number of aromatic amines is 1. The number of aliphatic hydroxyl groups excluding tert-OH is 1. The number of thioether (sulfide) groups is 1. The summed E-state index contributed by atoms with van der Waals surface area (Å²) < 4.78 is 0. The van der Waals surface area contributed by atoms with E-state index in [1.54, 1.807) is 18.0 Å². The van der Waals surface area contributed by atoms with Gasteiger partial charge >= 0.3 is 0 Å². The molecule has 2 unspecified atom stereocenters. The van der Waals surface area contributed by atoms with Gasteiger partial charge < -0.3 is 15.8 Å². The lowest BCUT2D eigenvalue weighted by Gasteiger charge is -2.14. The Hall–Kier alpha value is -2.16. The Kier molecular flexibility index (Phi) is 4.56. The van der Waals surface area contributed by atoms with E-state index >= 15 is 0 Å². The first-order chi connectivity index (χ1) is 12.2. The van der Waals surface area contributed by atoms with E-state index in [2.05, 4.69) is 24.8 Å². The molecule has 4 rings (SSSR count). The maximum atomic E-state index is 10.4. The van der Waals surface area contributed by atoms with E-state index < -0.39 is 0 Å². The van der Waals surface area contributed by atoms with E-state index in [0.29, 0.717) is 12.4 Å². The number of hydrogen-bond acceptors (Lipinski definition) is 7. The fourth-order valence-corrected chi connectivity index (χ4v) is 4.26. The number of hydrogen-bond donors (Lipinski definition) is 3. The largest absolute Gasteiger partial charge is 0.391 e. The molecule has 0 saturated carbocycles. The fraction of sp³-hybridized carbons (Fsp3) is 0.353. The van der Waals surface area contributed by atoms with Gasteiger partial charge in [0.05, 0.1) is 16.6 Å². The number of nitrogen functional groups attached to an aromatic ring is 1. The molecule has 0 spiro atoms. The molecule has 0 aromatic carbocycles. The molecule has 0 bridgehead atoms. The van der Waals surface area contributed by atoms with Crippen molar-refractivity contribution in [2.45, 2.75) is 17.7 Å². The molecule has 0 amide bonds. The van der Waals surface area contributed by atoms with Crippen molar-refractivity contribution >= 4 is 28.6 Å². The molecule has 8 heteroatoms. The van der Waals surface area contributed by atoms with Crippen LogP contribution in [0, 0.1) is 5.92 Å². The molecule has 1 fully saturated rings. The lowest BCUT2D eigenvalue weighted by atomic mass is 10.1. The number of rotatable bonds is 5. The van der Waals surface area contributed by atoms with Crippen molar-refractivity contribution in [3.05, 3.63) is 42.5 Å². The van der Waals surface area contributed by atoms with E-state index in [1.807, 2.05) is 24.4 Å². The van der Waals surface area contributed by atoms with Gasteiger partial charge in [-0.05, 0) is 12.1 Å². The monoisotopic (exact) mass is 356 g/mol. The summed E-state index contributed by atoms with van der Waals surface area (Å²) in [5, 5.41) is 11.4. The minimum Gasteiger partial charge on any atom is -0.391 e. The summed E-state index contributed by atoms with van der Waals surface area (Å²) >= 11 is 1.69. The number of fused-ring (bicyclic) bond motifs is 1. The van der Waals surface area contributed by atoms with E-state index in [1.165, 1.54) is 6.33 Å². The number of nitrogens with two attached hydrogens (primary N) is 1. The summed E-state index contributed by atoms with van der Waals surface area (Å²) in [6, 6.07) is 5.89. The van der Waals surface area contributed by atoms with Crippen LogP contribution < -0.4 is 5.73 Å². The summed E-state index contributed by atoms with van der Waals surface area (Å²) in [4.78, 5) is 18.1. The molecule has 7 nitrogen and oxygen atoms in total. The summed E-state index contributed by atoms with van der Waals surface area (Å²) in [6.45, 7) is 2.26. The molecular formula is C17H20N6OS. The van der Waals surface area contributed by atoms with Crippen molar-refractivity contribution in [2.24, 2.45) is 5.92 Å². The summed E-state index contributed by atoms with van der Waals surface area (Å²) in [5.74, 6) is 1.55. The molecule has 130 valence electrons. The number of likely N-dealkylation sites (tertiary alicyclic amines) is 1. The summed E-state index contributed by atoms with van der Waals surface area (Å²) in [7, 11) is 0. The third kappa shape index (κ3) is 3.46. The second kappa shape index (κ2) is 6.99. The minimum atomic E-state index is -0.318. The molecule has 1 aliphatic heterocycles. The Balaban J connectivity index is 1.40. The van der Waals surface area contributed by atoms with Gasteiger partial charge in [-0.1, -0.05) is 6.07 Å².